The predicted molar refractivity (Wildman–Crippen MR) is 88.3 cm³/mol. The van der Waals surface area contributed by atoms with Crippen LogP contribution in [0.3, 0.4) is 0 Å². The first-order valence-electron chi connectivity index (χ1n) is 7.48. The Morgan fingerprint density at radius 1 is 1.00 bits per heavy atom. The van der Waals surface area contributed by atoms with E-state index in [4.69, 9.17) is 21.1 Å². The molecule has 1 aromatic carbocycles. The summed E-state index contributed by atoms with van der Waals surface area (Å²) in [4.78, 5) is 4.68. The Morgan fingerprint density at radius 2 is 1.50 bits per heavy atom. The van der Waals surface area contributed by atoms with E-state index in [2.05, 4.69) is 25.7 Å². The molecule has 0 atom stereocenters. The Balaban J connectivity index is 1.96. The molecule has 2 heterocycles. The number of rotatable bonds is 3. The average Bonchev–Trinajstić information content (AvgIpc) is 2.54. The van der Waals surface area contributed by atoms with Crippen LogP contribution in [0.4, 0.5) is 0 Å². The minimum atomic E-state index is -0.0113. The number of benzene rings is 1. The number of phenols is 1. The van der Waals surface area contributed by atoms with Crippen molar-refractivity contribution >= 4 is 27.5 Å². The highest BCUT2D eigenvalue weighted by Crippen LogP contribution is 2.39. The minimum Gasteiger partial charge on any atom is -0.506 e. The molecule has 5 nitrogen and oxygen atoms in total. The largest absolute Gasteiger partial charge is 0.506 e. The molecule has 0 saturated carbocycles. The van der Waals surface area contributed by atoms with Crippen LogP contribution in [0.15, 0.2) is 16.6 Å². The van der Waals surface area contributed by atoms with E-state index >= 15 is 0 Å². The zero-order chi connectivity index (χ0) is 15.5. The number of hydrogen-bond acceptors (Lipinski definition) is 5. The van der Waals surface area contributed by atoms with Gasteiger partial charge in [-0.25, -0.2) is 0 Å². The van der Waals surface area contributed by atoms with E-state index in [9.17, 15) is 5.11 Å². The molecule has 3 rings (SSSR count). The highest BCUT2D eigenvalue weighted by Gasteiger charge is 2.32. The van der Waals surface area contributed by atoms with Gasteiger partial charge in [-0.15, -0.1) is 0 Å². The standard InChI is InChI=1S/C15H20BrClN2O3/c16-13-10-11(17)9-12(14(13)20)15(18-1-5-21-6-2-18)19-3-7-22-8-4-19/h9-10,15,20H,1-8H2. The summed E-state index contributed by atoms with van der Waals surface area (Å²) in [7, 11) is 0. The van der Waals surface area contributed by atoms with Crippen LogP contribution in [0.5, 0.6) is 5.75 Å². The maximum atomic E-state index is 10.5. The molecule has 22 heavy (non-hydrogen) atoms. The van der Waals surface area contributed by atoms with Crippen LogP contribution >= 0.6 is 27.5 Å². The number of morpholine rings is 2. The second kappa shape index (κ2) is 7.47. The summed E-state index contributed by atoms with van der Waals surface area (Å²) in [6, 6.07) is 3.58. The maximum Gasteiger partial charge on any atom is 0.135 e. The lowest BCUT2D eigenvalue weighted by Gasteiger charge is -2.43. The molecule has 0 bridgehead atoms. The van der Waals surface area contributed by atoms with Crippen molar-refractivity contribution in [3.05, 3.63) is 27.2 Å². The molecule has 7 heteroatoms. The summed E-state index contributed by atoms with van der Waals surface area (Å²) in [5.74, 6) is 0.257. The number of phenolic OH excluding ortho intramolecular Hbond substituents is 1. The Kier molecular flexibility index (Phi) is 5.60. The second-order valence-corrected chi connectivity index (χ2v) is 6.79. The van der Waals surface area contributed by atoms with Crippen molar-refractivity contribution in [3.63, 3.8) is 0 Å². The smallest absolute Gasteiger partial charge is 0.135 e. The number of nitrogens with zero attached hydrogens (tertiary/aromatic N) is 2. The van der Waals surface area contributed by atoms with Crippen LogP contribution in [0.2, 0.25) is 5.02 Å². The number of ether oxygens (including phenoxy) is 2. The Hall–Kier alpha value is -0.370. The van der Waals surface area contributed by atoms with Crippen molar-refractivity contribution in [2.24, 2.45) is 0 Å². The van der Waals surface area contributed by atoms with E-state index in [0.717, 1.165) is 31.7 Å². The van der Waals surface area contributed by atoms with E-state index in [1.54, 1.807) is 6.07 Å². The molecule has 2 aliphatic heterocycles. The summed E-state index contributed by atoms with van der Waals surface area (Å²) < 4.78 is 11.6. The van der Waals surface area contributed by atoms with E-state index in [1.165, 1.54) is 0 Å². The maximum absolute atomic E-state index is 10.5. The van der Waals surface area contributed by atoms with Crippen LogP contribution in [-0.2, 0) is 9.47 Å². The Bertz CT molecular complexity index is 502. The lowest BCUT2D eigenvalue weighted by molar-refractivity contribution is -0.0682. The van der Waals surface area contributed by atoms with Gasteiger partial charge >= 0.3 is 0 Å². The minimum absolute atomic E-state index is 0.0113. The van der Waals surface area contributed by atoms with Crippen LogP contribution in [0, 0.1) is 0 Å². The van der Waals surface area contributed by atoms with Gasteiger partial charge in [-0.3, -0.25) is 9.80 Å². The molecular formula is C15H20BrClN2O3. The van der Waals surface area contributed by atoms with Gasteiger partial charge in [0.05, 0.1) is 37.1 Å². The van der Waals surface area contributed by atoms with Gasteiger partial charge in [0.15, 0.2) is 0 Å². The van der Waals surface area contributed by atoms with Crippen molar-refractivity contribution in [1.29, 1.82) is 0 Å². The molecule has 0 spiro atoms. The van der Waals surface area contributed by atoms with Gasteiger partial charge in [0.2, 0.25) is 0 Å². The van der Waals surface area contributed by atoms with Crippen LogP contribution in [-0.4, -0.2) is 67.5 Å². The molecule has 1 aromatic rings. The fourth-order valence-corrected chi connectivity index (χ4v) is 3.89. The van der Waals surface area contributed by atoms with Gasteiger partial charge in [-0.05, 0) is 28.1 Å². The first kappa shape index (κ1) is 16.5. The summed E-state index contributed by atoms with van der Waals surface area (Å²) in [6.07, 6.45) is -0.0113. The highest BCUT2D eigenvalue weighted by molar-refractivity contribution is 9.10. The van der Waals surface area contributed by atoms with Crippen LogP contribution in [0.1, 0.15) is 11.7 Å². The topological polar surface area (TPSA) is 45.2 Å². The first-order valence-corrected chi connectivity index (χ1v) is 8.65. The zero-order valence-electron chi connectivity index (χ0n) is 12.3. The van der Waals surface area contributed by atoms with Gasteiger partial charge in [0.1, 0.15) is 5.75 Å². The van der Waals surface area contributed by atoms with Gasteiger partial charge in [-0.1, -0.05) is 11.6 Å². The predicted octanol–water partition coefficient (Wildman–Crippen LogP) is 2.47. The van der Waals surface area contributed by atoms with Crippen molar-refractivity contribution in [2.75, 3.05) is 52.6 Å². The molecule has 2 fully saturated rings. The van der Waals surface area contributed by atoms with Crippen molar-refractivity contribution in [2.45, 2.75) is 6.17 Å². The summed E-state index contributed by atoms with van der Waals surface area (Å²) >= 11 is 9.61. The van der Waals surface area contributed by atoms with Gasteiger partial charge < -0.3 is 14.6 Å². The fourth-order valence-electron chi connectivity index (χ4n) is 3.05. The Morgan fingerprint density at radius 3 is 2.00 bits per heavy atom. The molecule has 1 N–H and O–H groups in total. The third-order valence-corrected chi connectivity index (χ3v) is 4.94. The number of hydrogen-bond donors (Lipinski definition) is 1. The monoisotopic (exact) mass is 390 g/mol. The molecule has 0 unspecified atom stereocenters. The van der Waals surface area contributed by atoms with Gasteiger partial charge in [0, 0.05) is 36.8 Å². The zero-order valence-corrected chi connectivity index (χ0v) is 14.6. The summed E-state index contributed by atoms with van der Waals surface area (Å²) in [6.45, 7) is 6.20. The van der Waals surface area contributed by atoms with Crippen molar-refractivity contribution < 1.29 is 14.6 Å². The molecule has 2 aliphatic rings. The number of aromatic hydroxyl groups is 1. The van der Waals surface area contributed by atoms with E-state index in [0.29, 0.717) is 35.9 Å². The third kappa shape index (κ3) is 3.58. The van der Waals surface area contributed by atoms with Gasteiger partial charge in [-0.2, -0.15) is 0 Å². The molecular weight excluding hydrogens is 372 g/mol. The third-order valence-electron chi connectivity index (χ3n) is 4.12. The molecule has 0 aliphatic carbocycles. The van der Waals surface area contributed by atoms with E-state index in [1.807, 2.05) is 6.07 Å². The summed E-state index contributed by atoms with van der Waals surface area (Å²) in [5.41, 5.74) is 0.836. The normalized spacial score (nSPS) is 21.4. The molecule has 122 valence electrons. The van der Waals surface area contributed by atoms with Gasteiger partial charge in [0.25, 0.3) is 0 Å². The van der Waals surface area contributed by atoms with Crippen molar-refractivity contribution in [1.82, 2.24) is 9.80 Å². The molecule has 0 amide bonds. The first-order chi connectivity index (χ1) is 10.7. The lowest BCUT2D eigenvalue weighted by Crippen LogP contribution is -2.50. The van der Waals surface area contributed by atoms with Crippen LogP contribution < -0.4 is 0 Å². The fraction of sp³-hybridized carbons (Fsp3) is 0.600. The quantitative estimate of drug-likeness (QED) is 0.857. The van der Waals surface area contributed by atoms with Crippen LogP contribution in [0.25, 0.3) is 0 Å². The van der Waals surface area contributed by atoms with E-state index < -0.39 is 0 Å². The lowest BCUT2D eigenvalue weighted by atomic mass is 10.1. The second-order valence-electron chi connectivity index (χ2n) is 5.50. The van der Waals surface area contributed by atoms with Crippen molar-refractivity contribution in [3.8, 4) is 5.75 Å². The molecule has 0 radical (unpaired) electrons. The SMILES string of the molecule is Oc1c(Br)cc(Cl)cc1C(N1CCOCC1)N1CCOCC1. The Labute approximate surface area is 143 Å². The average molecular weight is 392 g/mol. The molecule has 0 aromatic heterocycles. The number of halogens is 2. The molecule has 2 saturated heterocycles. The van der Waals surface area contributed by atoms with E-state index in [-0.39, 0.29) is 11.9 Å². The highest BCUT2D eigenvalue weighted by atomic mass is 79.9. The summed E-state index contributed by atoms with van der Waals surface area (Å²) in [5, 5.41) is 11.1.